The molecule has 0 saturated heterocycles. The average molecular weight is 432 g/mol. The third-order valence-corrected chi connectivity index (χ3v) is 3.25. The predicted octanol–water partition coefficient (Wildman–Crippen LogP) is 5.39. The molecule has 0 aliphatic rings. The molecule has 0 bridgehead atoms. The van der Waals surface area contributed by atoms with Crippen LogP contribution in [0.2, 0.25) is 0 Å². The second kappa shape index (κ2) is 7.04. The molecule has 27 heavy (non-hydrogen) atoms. The fourth-order valence-electron chi connectivity index (χ4n) is 1.56. The van der Waals surface area contributed by atoms with Crippen molar-refractivity contribution in [3.63, 3.8) is 0 Å². The van der Waals surface area contributed by atoms with Gasteiger partial charge in [-0.05, 0) is 0 Å². The van der Waals surface area contributed by atoms with E-state index in [1.165, 1.54) is 0 Å². The topological polar surface area (TPSA) is 37.3 Å². The molecule has 0 aromatic heterocycles. The summed E-state index contributed by atoms with van der Waals surface area (Å²) in [6.07, 6.45) is -8.45. The predicted molar refractivity (Wildman–Crippen MR) is 61.3 cm³/mol. The van der Waals surface area contributed by atoms with E-state index in [0.29, 0.717) is 0 Å². The lowest BCUT2D eigenvalue weighted by Crippen LogP contribution is -2.70. The first kappa shape index (κ1) is 25.3. The third kappa shape index (κ3) is 3.95. The second-order valence-corrected chi connectivity index (χ2v) is 5.23. The molecule has 1 N–H and O–H groups in total. The zero-order chi connectivity index (χ0) is 22.3. The molecule has 15 heteroatoms. The maximum Gasteiger partial charge on any atom is 0.460 e. The Labute approximate surface area is 141 Å². The van der Waals surface area contributed by atoms with Crippen LogP contribution in [-0.2, 0) is 4.79 Å². The summed E-state index contributed by atoms with van der Waals surface area (Å²) < 4.78 is 167. The van der Waals surface area contributed by atoms with Crippen LogP contribution in [0, 0.1) is 5.92 Å². The summed E-state index contributed by atoms with van der Waals surface area (Å²) in [7, 11) is 0. The quantitative estimate of drug-likeness (QED) is 0.413. The molecule has 0 heterocycles. The molecule has 0 spiro atoms. The summed E-state index contributed by atoms with van der Waals surface area (Å²) >= 11 is 0. The lowest BCUT2D eigenvalue weighted by atomic mass is 9.88. The highest BCUT2D eigenvalue weighted by Gasteiger charge is 2.90. The van der Waals surface area contributed by atoms with Crippen LogP contribution in [0.1, 0.15) is 13.3 Å². The molecule has 0 saturated carbocycles. The van der Waals surface area contributed by atoms with Gasteiger partial charge in [-0.2, -0.15) is 57.1 Å². The van der Waals surface area contributed by atoms with Crippen molar-refractivity contribution < 1.29 is 67.0 Å². The van der Waals surface area contributed by atoms with E-state index in [4.69, 9.17) is 5.11 Å². The van der Waals surface area contributed by atoms with Gasteiger partial charge in [-0.15, -0.1) is 0 Å². The number of allylic oxidation sites excluding steroid dienone is 1. The molecule has 0 fully saturated rings. The molecule has 2 nitrogen and oxygen atoms in total. The van der Waals surface area contributed by atoms with Crippen molar-refractivity contribution >= 4 is 5.97 Å². The Morgan fingerprint density at radius 1 is 0.778 bits per heavy atom. The number of carboxylic acids is 1. The highest BCUT2D eigenvalue weighted by molar-refractivity contribution is 5.68. The van der Waals surface area contributed by atoms with Crippen LogP contribution < -0.4 is 0 Å². The molecule has 0 aliphatic heterocycles. The molecule has 0 aromatic rings. The van der Waals surface area contributed by atoms with Crippen molar-refractivity contribution in [1.29, 1.82) is 0 Å². The Balaban J connectivity index is 6.15. The van der Waals surface area contributed by atoms with E-state index in [2.05, 4.69) is 0 Å². The van der Waals surface area contributed by atoms with E-state index in [-0.39, 0.29) is 19.1 Å². The van der Waals surface area contributed by atoms with Gasteiger partial charge in [0.2, 0.25) is 0 Å². The Morgan fingerprint density at radius 2 is 1.15 bits per heavy atom. The van der Waals surface area contributed by atoms with Crippen molar-refractivity contribution in [3.8, 4) is 0 Å². The van der Waals surface area contributed by atoms with E-state index < -0.39 is 54.1 Å². The van der Waals surface area contributed by atoms with Crippen molar-refractivity contribution in [2.24, 2.45) is 5.92 Å². The first-order valence-corrected chi connectivity index (χ1v) is 6.43. The lowest BCUT2D eigenvalue weighted by Gasteiger charge is -2.40. The monoisotopic (exact) mass is 432 g/mol. The van der Waals surface area contributed by atoms with Crippen LogP contribution in [0.15, 0.2) is 12.2 Å². The van der Waals surface area contributed by atoms with Gasteiger partial charge in [0.05, 0.1) is 6.42 Å². The summed E-state index contributed by atoms with van der Waals surface area (Å²) in [5.41, 5.74) is 0. The molecular formula is C12H9F13O2. The van der Waals surface area contributed by atoms with Crippen molar-refractivity contribution in [1.82, 2.24) is 0 Å². The van der Waals surface area contributed by atoms with Gasteiger partial charge in [0.25, 0.3) is 0 Å². The first-order valence-electron chi connectivity index (χ1n) is 6.43. The van der Waals surface area contributed by atoms with E-state index in [1.54, 1.807) is 0 Å². The highest BCUT2D eigenvalue weighted by Crippen LogP contribution is 2.61. The minimum Gasteiger partial charge on any atom is -0.481 e. The van der Waals surface area contributed by atoms with Gasteiger partial charge in [0.1, 0.15) is 0 Å². The van der Waals surface area contributed by atoms with Crippen LogP contribution in [0.5, 0.6) is 0 Å². The van der Waals surface area contributed by atoms with E-state index in [9.17, 15) is 61.9 Å². The van der Waals surface area contributed by atoms with Gasteiger partial charge in [-0.1, -0.05) is 19.1 Å². The van der Waals surface area contributed by atoms with Crippen LogP contribution >= 0.6 is 0 Å². The van der Waals surface area contributed by atoms with E-state index in [1.807, 2.05) is 0 Å². The molecule has 1 atom stereocenters. The molecule has 0 rings (SSSR count). The Hall–Kier alpha value is -1.70. The van der Waals surface area contributed by atoms with Crippen LogP contribution in [-0.4, -0.2) is 46.9 Å². The van der Waals surface area contributed by atoms with Crippen molar-refractivity contribution in [3.05, 3.63) is 12.2 Å². The number of carboxylic acid groups (broad SMARTS) is 1. The molecule has 1 unspecified atom stereocenters. The summed E-state index contributed by atoms with van der Waals surface area (Å²) in [4.78, 5) is 10.1. The Bertz CT molecular complexity index is 576. The second-order valence-electron chi connectivity index (χ2n) is 5.23. The van der Waals surface area contributed by atoms with Gasteiger partial charge in [-0.3, -0.25) is 4.79 Å². The molecule has 0 aliphatic carbocycles. The van der Waals surface area contributed by atoms with Crippen molar-refractivity contribution in [2.45, 2.75) is 49.1 Å². The smallest absolute Gasteiger partial charge is 0.460 e. The summed E-state index contributed by atoms with van der Waals surface area (Å²) in [6, 6.07) is 0. The number of hydrogen-bond acceptors (Lipinski definition) is 1. The maximum absolute atomic E-state index is 13.5. The van der Waals surface area contributed by atoms with Crippen LogP contribution in [0.3, 0.4) is 0 Å². The SMILES string of the molecule is CC(/C=C/CC(=O)O)C(F)(F)C(F)(F)C(F)(F)C(F)(F)C(F)(F)C(F)(F)F. The molecule has 0 aromatic carbocycles. The number of aliphatic carboxylic acids is 1. The van der Waals surface area contributed by atoms with Gasteiger partial charge in [-0.25, -0.2) is 0 Å². The summed E-state index contributed by atoms with van der Waals surface area (Å²) in [6.45, 7) is 0.00237. The summed E-state index contributed by atoms with van der Waals surface area (Å²) in [5.74, 6) is -42.1. The van der Waals surface area contributed by atoms with Gasteiger partial charge in [0.15, 0.2) is 0 Å². The number of hydrogen-bond donors (Lipinski definition) is 1. The first-order chi connectivity index (χ1) is 11.6. The zero-order valence-corrected chi connectivity index (χ0v) is 12.7. The standard InChI is InChI=1S/C12H9F13O2/c1-5(3-2-4-6(26)27)7(13,14)8(15,16)9(17,18)10(19,20)11(21,22)12(23,24)25/h2-3,5H,4H2,1H3,(H,26,27)/b3-2+. The third-order valence-electron chi connectivity index (χ3n) is 3.25. The Kier molecular flexibility index (Phi) is 6.59. The molecular weight excluding hydrogens is 423 g/mol. The minimum atomic E-state index is -7.95. The fourth-order valence-corrected chi connectivity index (χ4v) is 1.56. The molecule has 0 radical (unpaired) electrons. The molecule has 0 amide bonds. The number of alkyl halides is 13. The lowest BCUT2D eigenvalue weighted by molar-refractivity contribution is -0.441. The Morgan fingerprint density at radius 3 is 1.48 bits per heavy atom. The normalized spacial score (nSPS) is 16.7. The highest BCUT2D eigenvalue weighted by atomic mass is 19.4. The molecule has 160 valence electrons. The van der Waals surface area contributed by atoms with E-state index >= 15 is 0 Å². The zero-order valence-electron chi connectivity index (χ0n) is 12.7. The summed E-state index contributed by atoms with van der Waals surface area (Å²) in [5, 5.41) is 8.19. The van der Waals surface area contributed by atoms with Gasteiger partial charge < -0.3 is 5.11 Å². The van der Waals surface area contributed by atoms with Crippen LogP contribution in [0.25, 0.3) is 0 Å². The average Bonchev–Trinajstić information content (AvgIpc) is 2.44. The van der Waals surface area contributed by atoms with Gasteiger partial charge in [0, 0.05) is 5.92 Å². The largest absolute Gasteiger partial charge is 0.481 e. The van der Waals surface area contributed by atoms with Gasteiger partial charge >= 0.3 is 41.8 Å². The minimum absolute atomic E-state index is 0.00237. The van der Waals surface area contributed by atoms with Crippen molar-refractivity contribution in [2.75, 3.05) is 0 Å². The van der Waals surface area contributed by atoms with Crippen LogP contribution in [0.4, 0.5) is 57.1 Å². The maximum atomic E-state index is 13.5. The fraction of sp³-hybridized carbons (Fsp3) is 0.750. The number of rotatable bonds is 8. The van der Waals surface area contributed by atoms with E-state index in [0.717, 1.165) is 0 Å². The number of carbonyl (C=O) groups is 1. The number of halogens is 13.